The van der Waals surface area contributed by atoms with Crippen molar-refractivity contribution in [3.05, 3.63) is 81.8 Å². The van der Waals surface area contributed by atoms with Crippen molar-refractivity contribution >= 4 is 41.0 Å². The molecule has 1 fully saturated rings. The molecule has 0 spiro atoms. The van der Waals surface area contributed by atoms with Gasteiger partial charge in [0.25, 0.3) is 5.91 Å². The minimum absolute atomic E-state index is 0.113. The average molecular weight is 569 g/mol. The smallest absolute Gasteiger partial charge is 0.326 e. The number of carbonyl (C=O) groups excluding carboxylic acids is 2. The van der Waals surface area contributed by atoms with Crippen LogP contribution in [-0.2, 0) is 16.0 Å². The van der Waals surface area contributed by atoms with Crippen molar-refractivity contribution in [2.75, 3.05) is 19.9 Å². The van der Waals surface area contributed by atoms with Gasteiger partial charge in [0.15, 0.2) is 11.5 Å². The van der Waals surface area contributed by atoms with Crippen LogP contribution in [0.3, 0.4) is 0 Å². The molecular weight excluding hydrogens is 543 g/mol. The largest absolute Gasteiger partial charge is 0.480 e. The molecule has 2 N–H and O–H groups in total. The van der Waals surface area contributed by atoms with E-state index in [1.807, 2.05) is 30.3 Å². The Balaban J connectivity index is 1.21. The molecule has 3 aromatic rings. The molecule has 0 saturated carbocycles. The van der Waals surface area contributed by atoms with Crippen molar-refractivity contribution in [2.45, 2.75) is 25.3 Å². The number of amides is 2. The first-order valence-electron chi connectivity index (χ1n) is 12.5. The summed E-state index contributed by atoms with van der Waals surface area (Å²) in [6, 6.07) is 16.5. The van der Waals surface area contributed by atoms with Crippen LogP contribution in [0, 0.1) is 5.92 Å². The first kappa shape index (κ1) is 26.8. The van der Waals surface area contributed by atoms with E-state index in [4.69, 9.17) is 32.7 Å². The Morgan fingerprint density at radius 2 is 1.77 bits per heavy atom. The second-order valence-electron chi connectivity index (χ2n) is 9.58. The van der Waals surface area contributed by atoms with E-state index in [0.29, 0.717) is 46.5 Å². The lowest BCUT2D eigenvalue weighted by atomic mass is 9.95. The number of halogens is 2. The Bertz CT molecular complexity index is 1410. The highest BCUT2D eigenvalue weighted by atomic mass is 35.5. The highest BCUT2D eigenvalue weighted by Gasteiger charge is 2.32. The van der Waals surface area contributed by atoms with Gasteiger partial charge < -0.3 is 24.8 Å². The van der Waals surface area contributed by atoms with Crippen LogP contribution in [0.25, 0.3) is 11.1 Å². The van der Waals surface area contributed by atoms with Gasteiger partial charge in [0.2, 0.25) is 12.7 Å². The maximum Gasteiger partial charge on any atom is 0.326 e. The lowest BCUT2D eigenvalue weighted by Crippen LogP contribution is -2.50. The first-order valence-corrected chi connectivity index (χ1v) is 13.3. The first-order chi connectivity index (χ1) is 18.8. The molecule has 5 rings (SSSR count). The van der Waals surface area contributed by atoms with Crippen molar-refractivity contribution in [1.82, 2.24) is 10.2 Å². The maximum absolute atomic E-state index is 13.1. The number of likely N-dealkylation sites (tertiary alicyclic amines) is 1. The van der Waals surface area contributed by atoms with Gasteiger partial charge in [-0.15, -0.1) is 0 Å². The number of fused-ring (bicyclic) bond motifs is 1. The number of carboxylic acids is 1. The van der Waals surface area contributed by atoms with Crippen LogP contribution in [0.5, 0.6) is 11.5 Å². The van der Waals surface area contributed by atoms with Gasteiger partial charge in [-0.1, -0.05) is 53.5 Å². The summed E-state index contributed by atoms with van der Waals surface area (Å²) in [5, 5.41) is 13.6. The molecular formula is C29H26Cl2N2O6. The van der Waals surface area contributed by atoms with E-state index in [2.05, 4.69) is 5.32 Å². The number of ether oxygens (including phenoxy) is 2. The third kappa shape index (κ3) is 6.13. The molecule has 2 amide bonds. The Hall–Kier alpha value is -3.75. The SMILES string of the molecule is O=C(N[C@@H](Cc1ccc(-c2ccc(Cl)cc2Cl)cc1)C(=O)O)C1CCCN(C(=O)c2ccc3c(c2)OCO3)C1. The van der Waals surface area contributed by atoms with Crippen molar-refractivity contribution in [3.63, 3.8) is 0 Å². The topological polar surface area (TPSA) is 105 Å². The van der Waals surface area contributed by atoms with Gasteiger partial charge in [-0.3, -0.25) is 9.59 Å². The fourth-order valence-electron chi connectivity index (χ4n) is 4.86. The third-order valence-electron chi connectivity index (χ3n) is 6.95. The van der Waals surface area contributed by atoms with Crippen LogP contribution in [-0.4, -0.2) is 53.7 Å². The van der Waals surface area contributed by atoms with Crippen LogP contribution >= 0.6 is 23.2 Å². The summed E-state index contributed by atoms with van der Waals surface area (Å²) in [5.74, 6) is -1.12. The summed E-state index contributed by atoms with van der Waals surface area (Å²) in [4.78, 5) is 39.8. The van der Waals surface area contributed by atoms with Crippen LogP contribution in [0.4, 0.5) is 0 Å². The maximum atomic E-state index is 13.1. The van der Waals surface area contributed by atoms with E-state index in [-0.39, 0.29) is 31.6 Å². The number of piperidine rings is 1. The average Bonchev–Trinajstić information content (AvgIpc) is 3.41. The van der Waals surface area contributed by atoms with Crippen LogP contribution in [0.15, 0.2) is 60.7 Å². The minimum atomic E-state index is -1.13. The minimum Gasteiger partial charge on any atom is -0.480 e. The number of hydrogen-bond acceptors (Lipinski definition) is 5. The van der Waals surface area contributed by atoms with Crippen LogP contribution < -0.4 is 14.8 Å². The van der Waals surface area contributed by atoms with Gasteiger partial charge in [-0.25, -0.2) is 4.79 Å². The zero-order chi connectivity index (χ0) is 27.5. The Kier molecular flexibility index (Phi) is 7.95. The number of carboxylic acid groups (broad SMARTS) is 1. The quantitative estimate of drug-likeness (QED) is 0.413. The highest BCUT2D eigenvalue weighted by Crippen LogP contribution is 2.33. The molecule has 202 valence electrons. The molecule has 2 aliphatic rings. The fraction of sp³-hybridized carbons (Fsp3) is 0.276. The molecule has 1 unspecified atom stereocenters. The van der Waals surface area contributed by atoms with E-state index in [0.717, 1.165) is 16.7 Å². The number of aliphatic carboxylic acids is 1. The summed E-state index contributed by atoms with van der Waals surface area (Å²) < 4.78 is 10.7. The molecule has 2 heterocycles. The summed E-state index contributed by atoms with van der Waals surface area (Å²) >= 11 is 12.3. The normalized spacial score (nSPS) is 17.0. The van der Waals surface area contributed by atoms with Gasteiger partial charge in [0.05, 0.1) is 5.92 Å². The second kappa shape index (κ2) is 11.6. The van der Waals surface area contributed by atoms with Crippen molar-refractivity contribution in [1.29, 1.82) is 0 Å². The van der Waals surface area contributed by atoms with E-state index in [9.17, 15) is 19.5 Å². The van der Waals surface area contributed by atoms with Gasteiger partial charge in [0.1, 0.15) is 6.04 Å². The predicted octanol–water partition coefficient (Wildman–Crippen LogP) is 5.05. The van der Waals surface area contributed by atoms with E-state index in [1.54, 1.807) is 35.2 Å². The molecule has 8 nitrogen and oxygen atoms in total. The third-order valence-corrected chi connectivity index (χ3v) is 7.50. The van der Waals surface area contributed by atoms with Crippen molar-refractivity contribution < 1.29 is 29.0 Å². The molecule has 0 aliphatic carbocycles. The van der Waals surface area contributed by atoms with Gasteiger partial charge in [0, 0.05) is 40.7 Å². The Labute approximate surface area is 235 Å². The molecule has 0 bridgehead atoms. The van der Waals surface area contributed by atoms with E-state index < -0.39 is 17.9 Å². The summed E-state index contributed by atoms with van der Waals surface area (Å²) in [6.45, 7) is 0.843. The molecule has 39 heavy (non-hydrogen) atoms. The number of rotatable bonds is 7. The highest BCUT2D eigenvalue weighted by molar-refractivity contribution is 6.36. The Morgan fingerprint density at radius 3 is 2.51 bits per heavy atom. The van der Waals surface area contributed by atoms with Gasteiger partial charge in [-0.2, -0.15) is 0 Å². The second-order valence-corrected chi connectivity index (χ2v) is 10.4. The number of benzene rings is 3. The molecule has 0 radical (unpaired) electrons. The van der Waals surface area contributed by atoms with E-state index >= 15 is 0 Å². The number of carbonyl (C=O) groups is 3. The molecule has 10 heteroatoms. The standard InChI is InChI=1S/C29H26Cl2N2O6/c30-21-8-9-22(23(31)14-21)18-5-3-17(4-6-18)12-24(29(36)37)32-27(34)20-2-1-11-33(15-20)28(35)19-7-10-25-26(13-19)39-16-38-25/h3-10,13-14,20,24H,1-2,11-12,15-16H2,(H,32,34)(H,36,37)/t20?,24-/m0/s1. The predicted molar refractivity (Wildman–Crippen MR) is 146 cm³/mol. The molecule has 2 aliphatic heterocycles. The Morgan fingerprint density at radius 1 is 1.00 bits per heavy atom. The number of hydrogen-bond donors (Lipinski definition) is 2. The zero-order valence-electron chi connectivity index (χ0n) is 20.9. The number of nitrogens with one attached hydrogen (secondary N) is 1. The number of nitrogens with zero attached hydrogens (tertiary/aromatic N) is 1. The van der Waals surface area contributed by atoms with Crippen molar-refractivity contribution in [2.24, 2.45) is 5.92 Å². The van der Waals surface area contributed by atoms with Crippen molar-refractivity contribution in [3.8, 4) is 22.6 Å². The summed E-state index contributed by atoms with van der Waals surface area (Å²) in [6.07, 6.45) is 1.32. The summed E-state index contributed by atoms with van der Waals surface area (Å²) in [5.41, 5.74) is 2.88. The fourth-order valence-corrected chi connectivity index (χ4v) is 5.37. The summed E-state index contributed by atoms with van der Waals surface area (Å²) in [7, 11) is 0. The van der Waals surface area contributed by atoms with E-state index in [1.165, 1.54) is 0 Å². The lowest BCUT2D eigenvalue weighted by Gasteiger charge is -2.32. The molecule has 3 aromatic carbocycles. The van der Waals surface area contributed by atoms with Crippen LogP contribution in [0.1, 0.15) is 28.8 Å². The molecule has 1 saturated heterocycles. The monoisotopic (exact) mass is 568 g/mol. The molecule has 0 aromatic heterocycles. The molecule has 2 atom stereocenters. The van der Waals surface area contributed by atoms with Gasteiger partial charge >= 0.3 is 5.97 Å². The lowest BCUT2D eigenvalue weighted by molar-refractivity contribution is -0.142. The van der Waals surface area contributed by atoms with Gasteiger partial charge in [-0.05, 0) is 54.3 Å². The van der Waals surface area contributed by atoms with Crippen LogP contribution in [0.2, 0.25) is 10.0 Å². The zero-order valence-corrected chi connectivity index (χ0v) is 22.4.